The van der Waals surface area contributed by atoms with Crippen LogP contribution < -0.4 is 5.32 Å². The molecule has 0 spiro atoms. The third-order valence-electron chi connectivity index (χ3n) is 2.86. The van der Waals surface area contributed by atoms with Crippen LogP contribution in [0.4, 0.5) is 0 Å². The van der Waals surface area contributed by atoms with E-state index in [9.17, 15) is 13.2 Å². The average Bonchev–Trinajstić information content (AvgIpc) is 2.36. The highest BCUT2D eigenvalue weighted by atomic mass is 32.2. The van der Waals surface area contributed by atoms with Gasteiger partial charge < -0.3 is 4.74 Å². The van der Waals surface area contributed by atoms with Crippen molar-refractivity contribution in [2.24, 2.45) is 0 Å². The predicted molar refractivity (Wildman–Crippen MR) is 72.6 cm³/mol. The molecule has 0 saturated carbocycles. The highest BCUT2D eigenvalue weighted by Crippen LogP contribution is 2.16. The second-order valence-electron chi connectivity index (χ2n) is 4.47. The summed E-state index contributed by atoms with van der Waals surface area (Å²) in [4.78, 5) is 11.6. The van der Waals surface area contributed by atoms with Crippen molar-refractivity contribution in [3.05, 3.63) is 29.8 Å². The van der Waals surface area contributed by atoms with E-state index in [0.29, 0.717) is 0 Å². The van der Waals surface area contributed by atoms with Gasteiger partial charge in [-0.25, -0.2) is 8.42 Å². The molecule has 0 radical (unpaired) electrons. The molecular weight excluding hydrogens is 266 g/mol. The highest BCUT2D eigenvalue weighted by molar-refractivity contribution is 7.90. The number of hydrogen-bond acceptors (Lipinski definition) is 5. The van der Waals surface area contributed by atoms with Crippen molar-refractivity contribution >= 4 is 15.8 Å². The number of ether oxygens (including phenoxy) is 1. The Bertz CT molecular complexity index is 536. The zero-order valence-corrected chi connectivity index (χ0v) is 12.3. The minimum Gasteiger partial charge on any atom is -0.468 e. The Morgan fingerprint density at radius 1 is 1.21 bits per heavy atom. The Kier molecular flexibility index (Phi) is 5.08. The molecule has 2 unspecified atom stereocenters. The highest BCUT2D eigenvalue weighted by Gasteiger charge is 2.16. The molecule has 106 valence electrons. The first-order valence-corrected chi connectivity index (χ1v) is 7.78. The molecule has 6 heteroatoms. The number of hydrogen-bond donors (Lipinski definition) is 1. The van der Waals surface area contributed by atoms with Gasteiger partial charge in [0.25, 0.3) is 0 Å². The van der Waals surface area contributed by atoms with Crippen molar-refractivity contribution in [3.8, 4) is 0 Å². The van der Waals surface area contributed by atoms with Crippen LogP contribution in [-0.4, -0.2) is 33.8 Å². The summed E-state index contributed by atoms with van der Waals surface area (Å²) in [5, 5.41) is 3.08. The van der Waals surface area contributed by atoms with Crippen molar-refractivity contribution in [2.75, 3.05) is 13.4 Å². The molecule has 1 rings (SSSR count). The lowest BCUT2D eigenvalue weighted by molar-refractivity contribution is -0.142. The average molecular weight is 285 g/mol. The first kappa shape index (κ1) is 15.7. The number of nitrogens with one attached hydrogen (secondary N) is 1. The number of esters is 1. The van der Waals surface area contributed by atoms with Crippen molar-refractivity contribution < 1.29 is 17.9 Å². The molecule has 0 fully saturated rings. The summed E-state index contributed by atoms with van der Waals surface area (Å²) in [6.07, 6.45) is 1.17. The maximum Gasteiger partial charge on any atom is 0.322 e. The molecule has 0 bridgehead atoms. The van der Waals surface area contributed by atoms with E-state index in [4.69, 9.17) is 0 Å². The minimum atomic E-state index is -3.18. The SMILES string of the molecule is COC(=O)C(C)NC(C)c1ccc(S(C)(=O)=O)cc1. The molecule has 1 N–H and O–H groups in total. The van der Waals surface area contributed by atoms with Crippen LogP contribution in [0.25, 0.3) is 0 Å². The molecule has 0 saturated heterocycles. The summed E-state index contributed by atoms with van der Waals surface area (Å²) in [6.45, 7) is 3.61. The van der Waals surface area contributed by atoms with Crippen molar-refractivity contribution in [3.63, 3.8) is 0 Å². The van der Waals surface area contributed by atoms with Gasteiger partial charge in [0.05, 0.1) is 12.0 Å². The summed E-state index contributed by atoms with van der Waals surface area (Å²) in [7, 11) is -1.84. The lowest BCUT2D eigenvalue weighted by Gasteiger charge is -2.18. The van der Waals surface area contributed by atoms with Gasteiger partial charge in [-0.1, -0.05) is 12.1 Å². The van der Waals surface area contributed by atoms with Crippen molar-refractivity contribution in [1.82, 2.24) is 5.32 Å². The van der Waals surface area contributed by atoms with E-state index in [2.05, 4.69) is 10.1 Å². The molecule has 1 aromatic rings. The third-order valence-corrected chi connectivity index (χ3v) is 3.99. The van der Waals surface area contributed by atoms with Gasteiger partial charge >= 0.3 is 5.97 Å². The second kappa shape index (κ2) is 6.16. The Morgan fingerprint density at radius 2 is 1.74 bits per heavy atom. The van der Waals surface area contributed by atoms with Gasteiger partial charge in [-0.05, 0) is 31.5 Å². The molecule has 5 nitrogen and oxygen atoms in total. The molecule has 19 heavy (non-hydrogen) atoms. The molecular formula is C13H19NO4S. The third kappa shape index (κ3) is 4.33. The summed E-state index contributed by atoms with van der Waals surface area (Å²) in [5.41, 5.74) is 0.906. The molecule has 0 aliphatic rings. The smallest absolute Gasteiger partial charge is 0.322 e. The molecule has 0 heterocycles. The molecule has 0 aliphatic carbocycles. The van der Waals surface area contributed by atoms with E-state index in [-0.39, 0.29) is 16.9 Å². The fourth-order valence-electron chi connectivity index (χ4n) is 1.72. The molecule has 0 amide bonds. The maximum absolute atomic E-state index is 11.3. The quantitative estimate of drug-likeness (QED) is 0.826. The summed E-state index contributed by atoms with van der Waals surface area (Å²) < 4.78 is 27.3. The minimum absolute atomic E-state index is 0.0808. The molecule has 2 atom stereocenters. The normalized spacial score (nSPS) is 14.7. The lowest BCUT2D eigenvalue weighted by Crippen LogP contribution is -2.36. The first-order chi connectivity index (χ1) is 8.75. The lowest BCUT2D eigenvalue weighted by atomic mass is 10.1. The summed E-state index contributed by atoms with van der Waals surface area (Å²) in [6, 6.07) is 6.09. The number of methoxy groups -OCH3 is 1. The van der Waals surface area contributed by atoms with Gasteiger partial charge in [0, 0.05) is 12.3 Å². The van der Waals surface area contributed by atoms with Crippen LogP contribution in [0.1, 0.15) is 25.5 Å². The Hall–Kier alpha value is -1.40. The van der Waals surface area contributed by atoms with Gasteiger partial charge in [-0.2, -0.15) is 0 Å². The van der Waals surface area contributed by atoms with Gasteiger partial charge in [-0.15, -0.1) is 0 Å². The Balaban J connectivity index is 2.79. The van der Waals surface area contributed by atoms with Crippen LogP contribution in [0.15, 0.2) is 29.2 Å². The zero-order valence-electron chi connectivity index (χ0n) is 11.5. The monoisotopic (exact) mass is 285 g/mol. The Morgan fingerprint density at radius 3 is 2.16 bits per heavy atom. The topological polar surface area (TPSA) is 72.5 Å². The number of sulfone groups is 1. The largest absolute Gasteiger partial charge is 0.468 e. The van der Waals surface area contributed by atoms with E-state index in [0.717, 1.165) is 5.56 Å². The van der Waals surface area contributed by atoms with Crippen LogP contribution in [0.2, 0.25) is 0 Å². The first-order valence-electron chi connectivity index (χ1n) is 5.89. The van der Waals surface area contributed by atoms with Gasteiger partial charge in [0.15, 0.2) is 9.84 Å². The van der Waals surface area contributed by atoms with E-state index >= 15 is 0 Å². The summed E-state index contributed by atoms with van der Waals surface area (Å²) in [5.74, 6) is -0.334. The van der Waals surface area contributed by atoms with E-state index in [1.807, 2.05) is 6.92 Å². The zero-order chi connectivity index (χ0) is 14.6. The molecule has 0 aliphatic heterocycles. The number of carbonyl (C=O) groups excluding carboxylic acids is 1. The van der Waals surface area contributed by atoms with Crippen LogP contribution in [-0.2, 0) is 19.4 Å². The van der Waals surface area contributed by atoms with Crippen LogP contribution in [0.5, 0.6) is 0 Å². The van der Waals surface area contributed by atoms with Gasteiger partial charge in [0.1, 0.15) is 6.04 Å². The van der Waals surface area contributed by atoms with Crippen LogP contribution in [0, 0.1) is 0 Å². The molecule has 0 aromatic heterocycles. The number of rotatable bonds is 5. The second-order valence-corrected chi connectivity index (χ2v) is 6.49. The predicted octanol–water partition coefficient (Wildman–Crippen LogP) is 1.30. The number of carbonyl (C=O) groups is 1. The maximum atomic E-state index is 11.3. The standard InChI is InChI=1S/C13H19NO4S/c1-9(14-10(2)13(15)18-3)11-5-7-12(8-6-11)19(4,16)17/h5-10,14H,1-4H3. The van der Waals surface area contributed by atoms with Crippen LogP contribution >= 0.6 is 0 Å². The van der Waals surface area contributed by atoms with E-state index in [1.165, 1.54) is 13.4 Å². The van der Waals surface area contributed by atoms with Crippen LogP contribution in [0.3, 0.4) is 0 Å². The fourth-order valence-corrected chi connectivity index (χ4v) is 2.35. The number of benzene rings is 1. The van der Waals surface area contributed by atoms with E-state index in [1.54, 1.807) is 31.2 Å². The summed E-state index contributed by atoms with van der Waals surface area (Å²) >= 11 is 0. The fraction of sp³-hybridized carbons (Fsp3) is 0.462. The van der Waals surface area contributed by atoms with Gasteiger partial charge in [-0.3, -0.25) is 10.1 Å². The molecule has 1 aromatic carbocycles. The van der Waals surface area contributed by atoms with E-state index < -0.39 is 15.9 Å². The van der Waals surface area contributed by atoms with Crippen molar-refractivity contribution in [1.29, 1.82) is 0 Å². The Labute approximate surface area is 113 Å². The van der Waals surface area contributed by atoms with Gasteiger partial charge in [0.2, 0.25) is 0 Å². The van der Waals surface area contributed by atoms with Crippen molar-refractivity contribution in [2.45, 2.75) is 30.8 Å².